The maximum atomic E-state index is 13.5. The molecule has 5 unspecified atom stereocenters. The summed E-state index contributed by atoms with van der Waals surface area (Å²) in [7, 11) is -3.82. The number of methoxy groups -OCH3 is 1. The van der Waals surface area contributed by atoms with E-state index in [0.29, 0.717) is 6.07 Å². The number of rotatable bonds is 7. The van der Waals surface area contributed by atoms with Gasteiger partial charge in [-0.2, -0.15) is 8.42 Å². The average molecular weight is 572 g/mol. The Labute approximate surface area is 217 Å². The molecule has 4 rings (SSSR count). The first-order valence-corrected chi connectivity index (χ1v) is 12.1. The zero-order valence-electron chi connectivity index (χ0n) is 19.5. The van der Waals surface area contributed by atoms with Crippen LogP contribution in [0.3, 0.4) is 0 Å². The Morgan fingerprint density at radius 2 is 1.69 bits per heavy atom. The zero-order valence-corrected chi connectivity index (χ0v) is 20.3. The molecule has 1 aliphatic rings. The van der Waals surface area contributed by atoms with Gasteiger partial charge in [0.15, 0.2) is 29.1 Å². The van der Waals surface area contributed by atoms with E-state index in [2.05, 4.69) is 4.18 Å². The normalized spacial score (nSPS) is 23.4. The second-order valence-corrected chi connectivity index (χ2v) is 9.18. The van der Waals surface area contributed by atoms with Crippen LogP contribution >= 0.6 is 0 Å². The van der Waals surface area contributed by atoms with Gasteiger partial charge in [-0.05, 0) is 18.2 Å². The molecule has 7 N–H and O–H groups in total. The third-order valence-corrected chi connectivity index (χ3v) is 6.00. The number of aliphatic hydroxyl groups is 3. The maximum absolute atomic E-state index is 13.5. The monoisotopic (exact) mass is 572 g/mol. The number of fused-ring (bicyclic) bond motifs is 1. The van der Waals surface area contributed by atoms with Crippen molar-refractivity contribution in [3.05, 3.63) is 40.6 Å². The summed E-state index contributed by atoms with van der Waals surface area (Å²) in [5, 5.41) is 59.5. The number of benzene rings is 2. The molecule has 0 amide bonds. The number of aliphatic hydroxyl groups excluding tert-OH is 3. The van der Waals surface area contributed by atoms with E-state index in [1.54, 1.807) is 0 Å². The molecule has 39 heavy (non-hydrogen) atoms. The van der Waals surface area contributed by atoms with Crippen molar-refractivity contribution in [2.45, 2.75) is 30.7 Å². The van der Waals surface area contributed by atoms with Gasteiger partial charge in [0.25, 0.3) is 0 Å². The lowest BCUT2D eigenvalue weighted by atomic mass is 9.99. The SMILES string of the molecule is COc1cc(-c2oc3cc(OS(=O)(=O)O)cc(O)c3c(=O)c2OC2OC(C(=O)O)C(O)C(O)C2O)ccc1O. The van der Waals surface area contributed by atoms with Crippen molar-refractivity contribution < 1.29 is 71.2 Å². The number of carboxylic acids is 1. The summed E-state index contributed by atoms with van der Waals surface area (Å²) < 4.78 is 56.8. The lowest BCUT2D eigenvalue weighted by Gasteiger charge is -2.38. The van der Waals surface area contributed by atoms with Gasteiger partial charge in [-0.25, -0.2) is 4.79 Å². The largest absolute Gasteiger partial charge is 0.507 e. The highest BCUT2D eigenvalue weighted by molar-refractivity contribution is 7.81. The van der Waals surface area contributed by atoms with E-state index in [1.807, 2.05) is 0 Å². The number of aromatic hydroxyl groups is 2. The smallest absolute Gasteiger partial charge is 0.446 e. The van der Waals surface area contributed by atoms with Crippen molar-refractivity contribution in [1.29, 1.82) is 0 Å². The van der Waals surface area contributed by atoms with Gasteiger partial charge in [0.05, 0.1) is 7.11 Å². The minimum atomic E-state index is -5.04. The van der Waals surface area contributed by atoms with Crippen molar-refractivity contribution in [2.75, 3.05) is 7.11 Å². The molecule has 16 nitrogen and oxygen atoms in total. The maximum Gasteiger partial charge on any atom is 0.446 e. The highest BCUT2D eigenvalue weighted by Crippen LogP contribution is 2.40. The molecule has 2 aromatic carbocycles. The highest BCUT2D eigenvalue weighted by atomic mass is 32.3. The van der Waals surface area contributed by atoms with Gasteiger partial charge < -0.3 is 53.4 Å². The van der Waals surface area contributed by atoms with Crippen LogP contribution in [0.4, 0.5) is 0 Å². The Hall–Kier alpha value is -4.13. The summed E-state index contributed by atoms with van der Waals surface area (Å²) in [6.45, 7) is 0. The minimum Gasteiger partial charge on any atom is -0.507 e. The second-order valence-electron chi connectivity index (χ2n) is 8.16. The predicted molar refractivity (Wildman–Crippen MR) is 125 cm³/mol. The van der Waals surface area contributed by atoms with E-state index >= 15 is 0 Å². The molecule has 210 valence electrons. The van der Waals surface area contributed by atoms with Gasteiger partial charge in [0.1, 0.15) is 35.0 Å². The Kier molecular flexibility index (Phi) is 7.30. The van der Waals surface area contributed by atoms with Crippen LogP contribution < -0.4 is 19.1 Å². The lowest BCUT2D eigenvalue weighted by Crippen LogP contribution is -2.61. The Morgan fingerprint density at radius 1 is 1.00 bits per heavy atom. The Morgan fingerprint density at radius 3 is 2.31 bits per heavy atom. The lowest BCUT2D eigenvalue weighted by molar-refractivity contribution is -0.271. The zero-order chi connectivity index (χ0) is 28.8. The summed E-state index contributed by atoms with van der Waals surface area (Å²) in [5.74, 6) is -4.99. The summed E-state index contributed by atoms with van der Waals surface area (Å²) in [5.41, 5.74) is -1.67. The fourth-order valence-corrected chi connectivity index (χ4v) is 4.15. The molecule has 1 fully saturated rings. The summed E-state index contributed by atoms with van der Waals surface area (Å²) >= 11 is 0. The molecule has 1 aliphatic heterocycles. The van der Waals surface area contributed by atoms with Crippen LogP contribution in [0.1, 0.15) is 0 Å². The van der Waals surface area contributed by atoms with Crippen molar-refractivity contribution in [1.82, 2.24) is 0 Å². The van der Waals surface area contributed by atoms with Crippen LogP contribution in [-0.4, -0.2) is 87.4 Å². The molecule has 17 heteroatoms. The van der Waals surface area contributed by atoms with Gasteiger partial charge in [-0.3, -0.25) is 9.35 Å². The quantitative estimate of drug-likeness (QED) is 0.173. The number of hydrogen-bond donors (Lipinski definition) is 7. The minimum absolute atomic E-state index is 0.0279. The number of phenolic OH excluding ortho intramolecular Hbond substituents is 2. The Bertz CT molecular complexity index is 1600. The van der Waals surface area contributed by atoms with Crippen LogP contribution in [0.5, 0.6) is 28.7 Å². The summed E-state index contributed by atoms with van der Waals surface area (Å²) in [6, 6.07) is 5.05. The summed E-state index contributed by atoms with van der Waals surface area (Å²) in [4.78, 5) is 25.0. The molecule has 0 spiro atoms. The molecule has 0 aliphatic carbocycles. The van der Waals surface area contributed by atoms with Gasteiger partial charge >= 0.3 is 16.4 Å². The first-order chi connectivity index (χ1) is 18.2. The van der Waals surface area contributed by atoms with Crippen molar-refractivity contribution in [3.8, 4) is 40.1 Å². The van der Waals surface area contributed by atoms with E-state index in [4.69, 9.17) is 23.2 Å². The standard InChI is InChI=1S/C22H20O16S/c1-34-11-4-7(2-3-9(11)23)18-19(36-22-17(28)15(26)16(27)20(37-22)21(29)30)14(25)13-10(24)5-8(6-12(13)35-18)38-39(31,32)33/h2-6,15-17,20,22-24,26-28H,1H3,(H,29,30)(H,31,32,33). The summed E-state index contributed by atoms with van der Waals surface area (Å²) in [6.07, 6.45) is -10.4. The van der Waals surface area contributed by atoms with Crippen molar-refractivity contribution in [2.24, 2.45) is 0 Å². The molecular weight excluding hydrogens is 552 g/mol. The third-order valence-electron chi connectivity index (χ3n) is 5.60. The van der Waals surface area contributed by atoms with Gasteiger partial charge in [-0.15, -0.1) is 0 Å². The molecule has 3 aromatic rings. The fraction of sp³-hybridized carbons (Fsp3) is 0.273. The van der Waals surface area contributed by atoms with E-state index in [9.17, 15) is 48.6 Å². The number of phenols is 2. The average Bonchev–Trinajstić information content (AvgIpc) is 2.84. The molecule has 1 aromatic heterocycles. The highest BCUT2D eigenvalue weighted by Gasteiger charge is 2.48. The predicted octanol–water partition coefficient (Wildman–Crippen LogP) is -0.668. The van der Waals surface area contributed by atoms with E-state index in [1.165, 1.54) is 19.2 Å². The van der Waals surface area contributed by atoms with Crippen LogP contribution in [0.2, 0.25) is 0 Å². The number of hydrogen-bond acceptors (Lipinski definition) is 14. The fourth-order valence-electron chi connectivity index (χ4n) is 3.81. The van der Waals surface area contributed by atoms with Crippen LogP contribution in [-0.2, 0) is 19.9 Å². The van der Waals surface area contributed by atoms with Crippen LogP contribution in [0.15, 0.2) is 39.5 Å². The first-order valence-electron chi connectivity index (χ1n) is 10.7. The van der Waals surface area contributed by atoms with Crippen LogP contribution in [0.25, 0.3) is 22.3 Å². The Balaban J connectivity index is 1.94. The number of ether oxygens (including phenoxy) is 3. The van der Waals surface area contributed by atoms with Gasteiger partial charge in [-0.1, -0.05) is 0 Å². The topological polar surface area (TPSA) is 260 Å². The second kappa shape index (κ2) is 10.2. The number of carbonyl (C=O) groups is 1. The molecule has 1 saturated heterocycles. The van der Waals surface area contributed by atoms with Crippen molar-refractivity contribution in [3.63, 3.8) is 0 Å². The van der Waals surface area contributed by atoms with Crippen LogP contribution in [0, 0.1) is 0 Å². The molecule has 0 bridgehead atoms. The van der Waals surface area contributed by atoms with E-state index < -0.39 is 86.5 Å². The molecule has 5 atom stereocenters. The van der Waals surface area contributed by atoms with Crippen molar-refractivity contribution >= 4 is 27.3 Å². The molecular formula is C22H20O16S. The molecule has 2 heterocycles. The third kappa shape index (κ3) is 5.39. The number of carboxylic acid groups (broad SMARTS) is 1. The van der Waals surface area contributed by atoms with Gasteiger partial charge in [0, 0.05) is 17.7 Å². The first kappa shape index (κ1) is 27.9. The molecule has 0 saturated carbocycles. The van der Waals surface area contributed by atoms with Gasteiger partial charge in [0.2, 0.25) is 17.5 Å². The van der Waals surface area contributed by atoms with E-state index in [-0.39, 0.29) is 17.1 Å². The molecule has 0 radical (unpaired) electrons. The number of aliphatic carboxylic acids is 1. The van der Waals surface area contributed by atoms with E-state index in [0.717, 1.165) is 12.1 Å².